The Bertz CT molecular complexity index is 9.61. The van der Waals surface area contributed by atoms with Gasteiger partial charge >= 0.3 is 69.1 Å². The molecule has 0 fully saturated rings. The van der Waals surface area contributed by atoms with E-state index < -0.39 is 0 Å². The molecule has 0 bridgehead atoms. The van der Waals surface area contributed by atoms with Gasteiger partial charge in [-0.1, -0.05) is 0 Å². The molecule has 5 heavy (non-hydrogen) atoms. The average Bonchev–Trinajstić information content (AvgIpc) is 1.50. The van der Waals surface area contributed by atoms with E-state index in [-0.39, 0.29) is 29.6 Å². The number of hydrogen-bond donors (Lipinski definition) is 0. The number of hydrogen-bond acceptors (Lipinski definition) is 2. The van der Waals surface area contributed by atoms with Crippen LogP contribution in [-0.4, -0.2) is 29.6 Å². The third kappa shape index (κ3) is 27.8. The first-order valence-electron chi connectivity index (χ1n) is 0.309. The molecule has 0 aromatic heterocycles. The van der Waals surface area contributed by atoms with Crippen molar-refractivity contribution >= 4 is 29.6 Å². The van der Waals surface area contributed by atoms with Crippen molar-refractivity contribution < 1.29 is 39.6 Å². The number of rotatable bonds is 0. The van der Waals surface area contributed by atoms with Gasteiger partial charge in [-0.15, -0.1) is 0 Å². The quantitative estimate of drug-likeness (QED) is 0.437. The first-order valence-corrected chi connectivity index (χ1v) is 1.27. The van der Waals surface area contributed by atoms with Crippen LogP contribution in [0.2, 0.25) is 0 Å². The van der Waals surface area contributed by atoms with Crippen LogP contribution in [-0.2, 0) is 39.6 Å². The molecule has 5 heteroatoms. The van der Waals surface area contributed by atoms with Gasteiger partial charge in [0.15, 0.2) is 0 Å². The predicted octanol–water partition coefficient (Wildman–Crippen LogP) is -0.891. The molecule has 0 saturated heterocycles. The van der Waals surface area contributed by atoms with E-state index in [9.17, 15) is 0 Å². The zero-order chi connectivity index (χ0) is 4.00. The molecule has 0 aliphatic carbocycles. The molecule has 28 valence electrons. The van der Waals surface area contributed by atoms with Gasteiger partial charge in [-0.05, 0) is 0 Å². The fourth-order valence-electron chi connectivity index (χ4n) is 0. The molecule has 0 rings (SSSR count). The van der Waals surface area contributed by atoms with Crippen LogP contribution < -0.4 is 0 Å². The molecule has 0 aliphatic heterocycles. The summed E-state index contributed by atoms with van der Waals surface area (Å²) in [6.45, 7) is 0. The standard InChI is InChI=1S/2Mn.Na.2O.H. The Morgan fingerprint density at radius 1 is 0.800 bits per heavy atom. The first kappa shape index (κ1) is 15.9. The van der Waals surface area contributed by atoms with Crippen molar-refractivity contribution in [1.82, 2.24) is 0 Å². The normalized spacial score (nSPS) is 1.60. The third-order valence-electron chi connectivity index (χ3n) is 0. The fourth-order valence-corrected chi connectivity index (χ4v) is 0. The summed E-state index contributed by atoms with van der Waals surface area (Å²) in [6, 6.07) is 0. The summed E-state index contributed by atoms with van der Waals surface area (Å²) in [5.74, 6) is 0. The summed E-state index contributed by atoms with van der Waals surface area (Å²) >= 11 is 3.38. The van der Waals surface area contributed by atoms with Gasteiger partial charge < -0.3 is 0 Å². The Hall–Kier alpha value is 1.64. The Morgan fingerprint density at radius 3 is 0.800 bits per heavy atom. The summed E-state index contributed by atoms with van der Waals surface area (Å²) in [7, 11) is 0. The SMILES string of the molecule is [NaH].[O]=[Mn].[O]=[Mn]. The van der Waals surface area contributed by atoms with E-state index in [4.69, 9.17) is 7.67 Å². The van der Waals surface area contributed by atoms with Crippen molar-refractivity contribution in [2.24, 2.45) is 0 Å². The van der Waals surface area contributed by atoms with Crippen LogP contribution in [0.1, 0.15) is 0 Å². The Labute approximate surface area is 68.4 Å². The average molecular weight is 166 g/mol. The van der Waals surface area contributed by atoms with Gasteiger partial charge in [0.1, 0.15) is 0 Å². The minimum absolute atomic E-state index is 0. The van der Waals surface area contributed by atoms with Crippen LogP contribution in [0.25, 0.3) is 0 Å². The molecule has 0 heterocycles. The minimum atomic E-state index is 0. The van der Waals surface area contributed by atoms with Gasteiger partial charge in [-0.25, -0.2) is 0 Å². The van der Waals surface area contributed by atoms with Crippen LogP contribution in [0.3, 0.4) is 0 Å². The topological polar surface area (TPSA) is 34.1 Å². The van der Waals surface area contributed by atoms with E-state index in [1.54, 1.807) is 31.9 Å². The second kappa shape index (κ2) is 45.2. The Morgan fingerprint density at radius 2 is 0.800 bits per heavy atom. The van der Waals surface area contributed by atoms with E-state index in [1.165, 1.54) is 0 Å². The van der Waals surface area contributed by atoms with Crippen molar-refractivity contribution in [3.05, 3.63) is 0 Å². The van der Waals surface area contributed by atoms with Gasteiger partial charge in [0.05, 0.1) is 0 Å². The van der Waals surface area contributed by atoms with E-state index in [0.29, 0.717) is 0 Å². The molecular weight excluding hydrogens is 165 g/mol. The second-order valence-corrected chi connectivity index (χ2v) is 0. The molecule has 0 aliphatic rings. The van der Waals surface area contributed by atoms with E-state index in [1.807, 2.05) is 0 Å². The third-order valence-corrected chi connectivity index (χ3v) is 0. The zero-order valence-corrected chi connectivity index (χ0v) is 3.93. The molecule has 0 unspecified atom stereocenters. The van der Waals surface area contributed by atoms with E-state index >= 15 is 0 Å². The summed E-state index contributed by atoms with van der Waals surface area (Å²) < 4.78 is 16.1. The first-order chi connectivity index (χ1) is 2.00. The summed E-state index contributed by atoms with van der Waals surface area (Å²) in [4.78, 5) is 0. The van der Waals surface area contributed by atoms with Crippen LogP contribution in [0.15, 0.2) is 0 Å². The molecular formula is HMn2NaO2. The molecule has 0 aromatic rings. The monoisotopic (exact) mass is 166 g/mol. The molecule has 0 atom stereocenters. The van der Waals surface area contributed by atoms with Crippen molar-refractivity contribution in [3.63, 3.8) is 0 Å². The van der Waals surface area contributed by atoms with Crippen molar-refractivity contribution in [2.45, 2.75) is 0 Å². The second-order valence-electron chi connectivity index (χ2n) is 0. The van der Waals surface area contributed by atoms with E-state index in [0.717, 1.165) is 0 Å². The maximum absolute atomic E-state index is 8.06. The summed E-state index contributed by atoms with van der Waals surface area (Å²) in [5.41, 5.74) is 0. The van der Waals surface area contributed by atoms with Crippen LogP contribution >= 0.6 is 0 Å². The predicted molar refractivity (Wildman–Crippen MR) is 8.52 cm³/mol. The van der Waals surface area contributed by atoms with Gasteiger partial charge in [0.25, 0.3) is 0 Å². The van der Waals surface area contributed by atoms with Crippen molar-refractivity contribution in [3.8, 4) is 0 Å². The molecule has 0 spiro atoms. The van der Waals surface area contributed by atoms with Gasteiger partial charge in [-0.2, -0.15) is 0 Å². The zero-order valence-electron chi connectivity index (χ0n) is 1.57. The molecule has 0 saturated carbocycles. The Balaban J connectivity index is -0.0000000133. The van der Waals surface area contributed by atoms with Crippen LogP contribution in [0.4, 0.5) is 0 Å². The van der Waals surface area contributed by atoms with Crippen LogP contribution in [0, 0.1) is 0 Å². The molecule has 0 radical (unpaired) electrons. The van der Waals surface area contributed by atoms with Gasteiger partial charge in [0, 0.05) is 0 Å². The van der Waals surface area contributed by atoms with E-state index in [2.05, 4.69) is 0 Å². The molecule has 0 N–H and O–H groups in total. The van der Waals surface area contributed by atoms with Crippen molar-refractivity contribution in [1.29, 1.82) is 0 Å². The molecule has 0 aromatic carbocycles. The summed E-state index contributed by atoms with van der Waals surface area (Å²) in [6.07, 6.45) is 0. The van der Waals surface area contributed by atoms with Gasteiger partial charge in [0.2, 0.25) is 0 Å². The fraction of sp³-hybridized carbons (Fsp3) is 0. The van der Waals surface area contributed by atoms with Crippen LogP contribution in [0.5, 0.6) is 0 Å². The molecule has 0 amide bonds. The Kier molecular flexibility index (Phi) is 144. The maximum atomic E-state index is 8.06. The van der Waals surface area contributed by atoms with Crippen molar-refractivity contribution in [2.75, 3.05) is 0 Å². The molecule has 2 nitrogen and oxygen atoms in total. The summed E-state index contributed by atoms with van der Waals surface area (Å²) in [5, 5.41) is 0. The van der Waals surface area contributed by atoms with Gasteiger partial charge in [-0.3, -0.25) is 0 Å².